The van der Waals surface area contributed by atoms with Crippen LogP contribution in [-0.4, -0.2) is 47.5 Å². The number of para-hydroxylation sites is 1. The van der Waals surface area contributed by atoms with Gasteiger partial charge >= 0.3 is 6.03 Å². The Morgan fingerprint density at radius 2 is 1.97 bits per heavy atom. The van der Waals surface area contributed by atoms with E-state index >= 15 is 0 Å². The van der Waals surface area contributed by atoms with Crippen molar-refractivity contribution in [3.8, 4) is 6.19 Å². The number of guanidine groups is 1. The van der Waals surface area contributed by atoms with Gasteiger partial charge in [0.2, 0.25) is 5.96 Å². The number of urea groups is 1. The maximum atomic E-state index is 13.0. The molecule has 1 atom stereocenters. The lowest BCUT2D eigenvalue weighted by atomic mass is 10.1. The summed E-state index contributed by atoms with van der Waals surface area (Å²) >= 11 is 5.95. The molecule has 0 aliphatic carbocycles. The molecule has 1 heterocycles. The van der Waals surface area contributed by atoms with Crippen molar-refractivity contribution in [1.82, 2.24) is 15.1 Å². The van der Waals surface area contributed by atoms with Crippen molar-refractivity contribution in [3.63, 3.8) is 0 Å². The summed E-state index contributed by atoms with van der Waals surface area (Å²) in [6.45, 7) is 5.85. The number of aryl methyl sites for hydroxylation is 1. The highest BCUT2D eigenvalue weighted by Crippen LogP contribution is 2.21. The number of nitriles is 1. The first-order valence-electron chi connectivity index (χ1n) is 10.9. The van der Waals surface area contributed by atoms with E-state index in [1.54, 1.807) is 24.3 Å². The van der Waals surface area contributed by atoms with Crippen molar-refractivity contribution >= 4 is 35.0 Å². The molecule has 1 unspecified atom stereocenters. The first-order valence-corrected chi connectivity index (χ1v) is 11.3. The molecule has 32 heavy (non-hydrogen) atoms. The average Bonchev–Trinajstić information content (AvgIpc) is 2.80. The van der Waals surface area contributed by atoms with E-state index in [4.69, 9.17) is 16.6 Å². The number of halogens is 1. The van der Waals surface area contributed by atoms with Crippen LogP contribution in [0.1, 0.15) is 31.7 Å². The number of amides is 2. The molecule has 0 aromatic heterocycles. The van der Waals surface area contributed by atoms with Crippen molar-refractivity contribution in [1.29, 1.82) is 5.26 Å². The van der Waals surface area contributed by atoms with Gasteiger partial charge in [-0.25, -0.2) is 9.79 Å². The van der Waals surface area contributed by atoms with E-state index in [1.807, 2.05) is 42.3 Å². The third-order valence-electron chi connectivity index (χ3n) is 5.54. The van der Waals surface area contributed by atoms with Crippen molar-refractivity contribution < 1.29 is 4.79 Å². The monoisotopic (exact) mass is 452 g/mol. The Morgan fingerprint density at radius 1 is 1.22 bits per heavy atom. The van der Waals surface area contributed by atoms with Crippen LogP contribution < -0.4 is 10.6 Å². The van der Waals surface area contributed by atoms with E-state index in [2.05, 4.69) is 22.5 Å². The number of carbonyl (C=O) groups is 1. The topological polar surface area (TPSA) is 83.8 Å². The predicted octanol–water partition coefficient (Wildman–Crippen LogP) is 5.12. The highest BCUT2D eigenvalue weighted by molar-refractivity contribution is 6.30. The fraction of sp³-hybridized carbons (Fsp3) is 0.375. The highest BCUT2D eigenvalue weighted by Gasteiger charge is 2.31. The fourth-order valence-corrected chi connectivity index (χ4v) is 3.89. The zero-order chi connectivity index (χ0) is 22.9. The lowest BCUT2D eigenvalue weighted by molar-refractivity contribution is 0.128. The van der Waals surface area contributed by atoms with E-state index in [0.29, 0.717) is 36.3 Å². The number of benzene rings is 2. The summed E-state index contributed by atoms with van der Waals surface area (Å²) < 4.78 is 0. The van der Waals surface area contributed by atoms with Crippen molar-refractivity contribution in [2.45, 2.75) is 39.2 Å². The van der Waals surface area contributed by atoms with Gasteiger partial charge in [-0.15, -0.1) is 0 Å². The van der Waals surface area contributed by atoms with Crippen LogP contribution in [0.15, 0.2) is 53.5 Å². The van der Waals surface area contributed by atoms with Gasteiger partial charge in [0, 0.05) is 30.3 Å². The molecule has 168 valence electrons. The van der Waals surface area contributed by atoms with Crippen LogP contribution in [0.25, 0.3) is 0 Å². The Kier molecular flexibility index (Phi) is 8.34. The lowest BCUT2D eigenvalue weighted by Crippen LogP contribution is -2.59. The quantitative estimate of drug-likeness (QED) is 0.285. The Bertz CT molecular complexity index is 985. The first kappa shape index (κ1) is 23.4. The number of piperazine rings is 1. The van der Waals surface area contributed by atoms with Crippen molar-refractivity contribution in [3.05, 3.63) is 59.1 Å². The molecule has 7 nitrogen and oxygen atoms in total. The van der Waals surface area contributed by atoms with Gasteiger partial charge in [-0.05, 0) is 49.2 Å². The highest BCUT2D eigenvalue weighted by atomic mass is 35.5. The van der Waals surface area contributed by atoms with Crippen LogP contribution >= 0.6 is 11.6 Å². The van der Waals surface area contributed by atoms with Crippen LogP contribution in [0.4, 0.5) is 16.2 Å². The van der Waals surface area contributed by atoms with Crippen LogP contribution in [-0.2, 0) is 0 Å². The van der Waals surface area contributed by atoms with Crippen LogP contribution in [0.3, 0.4) is 0 Å². The molecule has 2 amide bonds. The molecule has 1 aliphatic rings. The number of nitrogens with one attached hydrogen (secondary N) is 2. The van der Waals surface area contributed by atoms with Gasteiger partial charge in [0.1, 0.15) is 0 Å². The van der Waals surface area contributed by atoms with Gasteiger partial charge in [0.25, 0.3) is 0 Å². The van der Waals surface area contributed by atoms with E-state index in [-0.39, 0.29) is 12.1 Å². The molecule has 2 aromatic carbocycles. The molecule has 0 bridgehead atoms. The molecular formula is C24H29ClN6O. The number of rotatable bonds is 5. The Balaban J connectivity index is 1.77. The lowest BCUT2D eigenvalue weighted by Gasteiger charge is -2.42. The minimum atomic E-state index is -0.126. The zero-order valence-electron chi connectivity index (χ0n) is 18.5. The smallest absolute Gasteiger partial charge is 0.322 e. The summed E-state index contributed by atoms with van der Waals surface area (Å²) in [5.74, 6) is 0.515. The van der Waals surface area contributed by atoms with Gasteiger partial charge in [-0.1, -0.05) is 49.6 Å². The number of hydrogen-bond donors (Lipinski definition) is 2. The van der Waals surface area contributed by atoms with Crippen molar-refractivity contribution in [2.75, 3.05) is 25.0 Å². The Hall–Kier alpha value is -3.24. The number of unbranched alkanes of at least 4 members (excludes halogenated alkanes) is 1. The zero-order valence-corrected chi connectivity index (χ0v) is 19.3. The minimum absolute atomic E-state index is 0.0126. The Morgan fingerprint density at radius 3 is 2.66 bits per heavy atom. The second-order valence-corrected chi connectivity index (χ2v) is 8.27. The Labute approximate surface area is 194 Å². The van der Waals surface area contributed by atoms with E-state index in [0.717, 1.165) is 30.5 Å². The number of aliphatic imine (C=N–C) groups is 1. The molecule has 2 aromatic rings. The summed E-state index contributed by atoms with van der Waals surface area (Å²) in [5.41, 5.74) is 2.57. The largest absolute Gasteiger partial charge is 0.338 e. The average molecular weight is 453 g/mol. The van der Waals surface area contributed by atoms with Gasteiger partial charge < -0.3 is 15.1 Å². The summed E-state index contributed by atoms with van der Waals surface area (Å²) in [4.78, 5) is 21.7. The SMILES string of the molecule is CCCCC1CN(C(=Nc2ccccc2C)NC#N)CCN1C(=O)Nc1ccc(Cl)cc1. The first-order chi connectivity index (χ1) is 15.5. The molecule has 0 spiro atoms. The molecule has 0 saturated carbocycles. The normalized spacial score (nSPS) is 16.4. The summed E-state index contributed by atoms with van der Waals surface area (Å²) in [6.07, 6.45) is 4.95. The maximum absolute atomic E-state index is 13.0. The van der Waals surface area contributed by atoms with Gasteiger partial charge in [0.15, 0.2) is 6.19 Å². The van der Waals surface area contributed by atoms with Crippen LogP contribution in [0.5, 0.6) is 0 Å². The second-order valence-electron chi connectivity index (χ2n) is 7.83. The van der Waals surface area contributed by atoms with Crippen LogP contribution in [0, 0.1) is 18.4 Å². The van der Waals surface area contributed by atoms with Gasteiger partial charge in [-0.2, -0.15) is 5.26 Å². The molecule has 1 aliphatic heterocycles. The number of anilines is 1. The molecule has 8 heteroatoms. The molecule has 0 radical (unpaired) electrons. The molecule has 2 N–H and O–H groups in total. The van der Waals surface area contributed by atoms with E-state index in [9.17, 15) is 10.1 Å². The second kappa shape index (κ2) is 11.4. The molecule has 1 saturated heterocycles. The number of nitrogens with zero attached hydrogens (tertiary/aromatic N) is 4. The predicted molar refractivity (Wildman–Crippen MR) is 129 cm³/mol. The standard InChI is InChI=1S/C24H29ClN6O/c1-3-4-8-21-16-30(23(27-17-26)29-22-9-6-5-7-18(22)2)14-15-31(21)24(32)28-20-12-10-19(25)11-13-20/h5-7,9-13,21H,3-4,8,14-16H2,1-2H3,(H,27,29)(H,28,32). The van der Waals surface area contributed by atoms with E-state index < -0.39 is 0 Å². The number of hydrogen-bond acceptors (Lipinski definition) is 3. The van der Waals surface area contributed by atoms with Gasteiger partial charge in [-0.3, -0.25) is 5.32 Å². The van der Waals surface area contributed by atoms with Crippen molar-refractivity contribution in [2.24, 2.45) is 4.99 Å². The molecule has 3 rings (SSSR count). The van der Waals surface area contributed by atoms with E-state index in [1.165, 1.54) is 0 Å². The molecule has 1 fully saturated rings. The summed E-state index contributed by atoms with van der Waals surface area (Å²) in [5, 5.41) is 15.6. The molecular weight excluding hydrogens is 424 g/mol. The summed E-state index contributed by atoms with van der Waals surface area (Å²) in [7, 11) is 0. The number of carbonyl (C=O) groups excluding carboxylic acids is 1. The van der Waals surface area contributed by atoms with Gasteiger partial charge in [0.05, 0.1) is 11.7 Å². The maximum Gasteiger partial charge on any atom is 0.322 e. The van der Waals surface area contributed by atoms with Crippen LogP contribution in [0.2, 0.25) is 5.02 Å². The third-order valence-corrected chi connectivity index (χ3v) is 5.79. The third kappa shape index (κ3) is 6.14. The summed E-state index contributed by atoms with van der Waals surface area (Å²) in [6, 6.07) is 14.8. The fourth-order valence-electron chi connectivity index (χ4n) is 3.76. The minimum Gasteiger partial charge on any atom is -0.338 e.